The second-order valence-corrected chi connectivity index (χ2v) is 8.29. The fourth-order valence-corrected chi connectivity index (χ4v) is 4.43. The van der Waals surface area contributed by atoms with Crippen LogP contribution in [0.3, 0.4) is 0 Å². The van der Waals surface area contributed by atoms with Crippen LogP contribution < -0.4 is 9.64 Å². The molecular weight excluding hydrogens is 454 g/mol. The fraction of sp³-hybridized carbons (Fsp3) is 0.0909. The highest BCUT2D eigenvalue weighted by molar-refractivity contribution is 9.10. The Morgan fingerprint density at radius 2 is 1.86 bits per heavy atom. The average Bonchev–Trinajstić information content (AvgIpc) is 3.35. The van der Waals surface area contributed by atoms with Crippen molar-refractivity contribution in [3.05, 3.63) is 86.5 Å². The normalized spacial score (nSPS) is 18.3. The number of aliphatic hydroxyl groups excluding tert-OH is 1. The number of carbonyl (C=O) groups is 2. The molecule has 4 rings (SSSR count). The Bertz CT molecular complexity index is 1110. The molecule has 2 heterocycles. The van der Waals surface area contributed by atoms with E-state index >= 15 is 0 Å². The van der Waals surface area contributed by atoms with E-state index in [9.17, 15) is 14.7 Å². The highest BCUT2D eigenvalue weighted by atomic mass is 79.9. The Kier molecular flexibility index (Phi) is 5.25. The van der Waals surface area contributed by atoms with E-state index in [2.05, 4.69) is 15.9 Å². The van der Waals surface area contributed by atoms with E-state index in [1.807, 2.05) is 17.5 Å². The molecule has 0 aliphatic carbocycles. The van der Waals surface area contributed by atoms with Crippen LogP contribution in [-0.2, 0) is 9.59 Å². The first-order valence-electron chi connectivity index (χ1n) is 8.75. The lowest BCUT2D eigenvalue weighted by Crippen LogP contribution is -2.29. The van der Waals surface area contributed by atoms with Gasteiger partial charge in [0.1, 0.15) is 17.6 Å². The summed E-state index contributed by atoms with van der Waals surface area (Å²) in [6.45, 7) is 0. The molecule has 1 aliphatic rings. The number of aliphatic hydroxyl groups is 1. The van der Waals surface area contributed by atoms with E-state index < -0.39 is 17.7 Å². The van der Waals surface area contributed by atoms with Crippen LogP contribution in [0.15, 0.2) is 76.1 Å². The number of carbonyl (C=O) groups excluding carboxylic acids is 2. The molecule has 1 aromatic heterocycles. The van der Waals surface area contributed by atoms with Crippen LogP contribution in [0.4, 0.5) is 5.69 Å². The molecule has 0 spiro atoms. The van der Waals surface area contributed by atoms with Gasteiger partial charge >= 0.3 is 0 Å². The van der Waals surface area contributed by atoms with Gasteiger partial charge in [-0.3, -0.25) is 14.5 Å². The molecule has 0 bridgehead atoms. The number of methoxy groups -OCH3 is 1. The minimum atomic E-state index is -0.717. The molecule has 1 amide bonds. The minimum absolute atomic E-state index is 0.0718. The van der Waals surface area contributed by atoms with Crippen LogP contribution in [-0.4, -0.2) is 23.9 Å². The number of nitrogens with zero attached hydrogens (tertiary/aromatic N) is 1. The summed E-state index contributed by atoms with van der Waals surface area (Å²) in [6.07, 6.45) is 0. The Balaban J connectivity index is 1.91. The van der Waals surface area contributed by atoms with Gasteiger partial charge in [-0.1, -0.05) is 40.2 Å². The summed E-state index contributed by atoms with van der Waals surface area (Å²) in [5.74, 6) is -1.02. The van der Waals surface area contributed by atoms with Crippen LogP contribution in [0.25, 0.3) is 5.76 Å². The number of ether oxygens (including phenoxy) is 1. The van der Waals surface area contributed by atoms with Gasteiger partial charge in [0.25, 0.3) is 11.7 Å². The Morgan fingerprint density at radius 3 is 2.52 bits per heavy atom. The van der Waals surface area contributed by atoms with Gasteiger partial charge in [-0.2, -0.15) is 0 Å². The van der Waals surface area contributed by atoms with Crippen molar-refractivity contribution in [2.45, 2.75) is 6.04 Å². The molecule has 1 aliphatic heterocycles. The van der Waals surface area contributed by atoms with Gasteiger partial charge in [0, 0.05) is 26.7 Å². The molecule has 7 heteroatoms. The maximum absolute atomic E-state index is 13.0. The van der Waals surface area contributed by atoms with Crippen molar-refractivity contribution in [1.82, 2.24) is 0 Å². The van der Waals surface area contributed by atoms with Crippen molar-refractivity contribution in [3.63, 3.8) is 0 Å². The summed E-state index contributed by atoms with van der Waals surface area (Å²) in [6, 6.07) is 16.9. The number of ketones is 1. The van der Waals surface area contributed by atoms with Gasteiger partial charge < -0.3 is 9.84 Å². The molecule has 146 valence electrons. The van der Waals surface area contributed by atoms with Crippen molar-refractivity contribution >= 4 is 50.4 Å². The molecule has 3 aromatic rings. The molecule has 5 nitrogen and oxygen atoms in total. The third-order valence-corrected chi connectivity index (χ3v) is 6.16. The second kappa shape index (κ2) is 7.85. The Labute approximate surface area is 180 Å². The number of hydrogen-bond acceptors (Lipinski definition) is 5. The standard InChI is InChI=1S/C22H16BrNO4S/c1-28-16-5-2-4-15(12-16)24-19(17-6-3-11-29-17)18(21(26)22(24)27)20(25)13-7-9-14(23)10-8-13/h2-12,19,25H,1H3/b20-18-. The monoisotopic (exact) mass is 469 g/mol. The van der Waals surface area contributed by atoms with Crippen LogP contribution >= 0.6 is 27.3 Å². The number of benzene rings is 2. The largest absolute Gasteiger partial charge is 0.507 e. The topological polar surface area (TPSA) is 66.8 Å². The molecule has 1 fully saturated rings. The Hall–Kier alpha value is -2.90. The van der Waals surface area contributed by atoms with Crippen LogP contribution in [0.1, 0.15) is 16.5 Å². The molecule has 29 heavy (non-hydrogen) atoms. The van der Waals surface area contributed by atoms with Crippen LogP contribution in [0, 0.1) is 0 Å². The molecule has 0 radical (unpaired) electrons. The quantitative estimate of drug-likeness (QED) is 0.326. The molecule has 1 atom stereocenters. The van der Waals surface area contributed by atoms with Crippen molar-refractivity contribution in [1.29, 1.82) is 0 Å². The first-order valence-corrected chi connectivity index (χ1v) is 10.4. The summed E-state index contributed by atoms with van der Waals surface area (Å²) in [7, 11) is 1.54. The third-order valence-electron chi connectivity index (χ3n) is 4.71. The molecule has 2 aromatic carbocycles. The predicted octanol–water partition coefficient (Wildman–Crippen LogP) is 5.15. The smallest absolute Gasteiger partial charge is 0.300 e. The maximum atomic E-state index is 13.0. The number of anilines is 1. The molecular formula is C22H16BrNO4S. The molecule has 0 saturated carbocycles. The first kappa shape index (κ1) is 19.4. The number of amides is 1. The number of Topliss-reactive ketones (excluding diaryl/α,β-unsaturated/α-hetero) is 1. The van der Waals surface area contributed by atoms with Crippen molar-refractivity contribution < 1.29 is 19.4 Å². The number of rotatable bonds is 4. The van der Waals surface area contributed by atoms with E-state index in [4.69, 9.17) is 4.74 Å². The number of hydrogen-bond donors (Lipinski definition) is 1. The zero-order chi connectivity index (χ0) is 20.5. The van der Waals surface area contributed by atoms with Gasteiger partial charge in [-0.15, -0.1) is 11.3 Å². The third kappa shape index (κ3) is 3.47. The lowest BCUT2D eigenvalue weighted by Gasteiger charge is -2.24. The lowest BCUT2D eigenvalue weighted by molar-refractivity contribution is -0.132. The maximum Gasteiger partial charge on any atom is 0.300 e. The molecule has 1 N–H and O–H groups in total. The summed E-state index contributed by atoms with van der Waals surface area (Å²) in [4.78, 5) is 28.2. The summed E-state index contributed by atoms with van der Waals surface area (Å²) < 4.78 is 6.12. The zero-order valence-electron chi connectivity index (χ0n) is 15.3. The second-order valence-electron chi connectivity index (χ2n) is 6.39. The highest BCUT2D eigenvalue weighted by Gasteiger charge is 2.47. The summed E-state index contributed by atoms with van der Waals surface area (Å²) >= 11 is 4.78. The lowest BCUT2D eigenvalue weighted by atomic mass is 10.00. The minimum Gasteiger partial charge on any atom is -0.507 e. The first-order chi connectivity index (χ1) is 14.0. The van der Waals surface area contributed by atoms with Gasteiger partial charge in [0.05, 0.1) is 12.7 Å². The van der Waals surface area contributed by atoms with Gasteiger partial charge in [-0.05, 0) is 35.7 Å². The number of thiophene rings is 1. The highest BCUT2D eigenvalue weighted by Crippen LogP contribution is 2.44. The van der Waals surface area contributed by atoms with E-state index in [0.717, 1.165) is 9.35 Å². The van der Waals surface area contributed by atoms with Crippen LogP contribution in [0.2, 0.25) is 0 Å². The summed E-state index contributed by atoms with van der Waals surface area (Å²) in [5.41, 5.74) is 1.07. The van der Waals surface area contributed by atoms with Crippen molar-refractivity contribution in [2.24, 2.45) is 0 Å². The van der Waals surface area contributed by atoms with Crippen molar-refractivity contribution in [2.75, 3.05) is 12.0 Å². The van der Waals surface area contributed by atoms with Crippen LogP contribution in [0.5, 0.6) is 5.75 Å². The summed E-state index contributed by atoms with van der Waals surface area (Å²) in [5, 5.41) is 12.9. The van der Waals surface area contributed by atoms with Gasteiger partial charge in [0.2, 0.25) is 0 Å². The van der Waals surface area contributed by atoms with E-state index in [1.165, 1.54) is 23.3 Å². The Morgan fingerprint density at radius 1 is 1.10 bits per heavy atom. The number of halogens is 1. The van der Waals surface area contributed by atoms with E-state index in [-0.39, 0.29) is 11.3 Å². The van der Waals surface area contributed by atoms with Crippen molar-refractivity contribution in [3.8, 4) is 5.75 Å². The van der Waals surface area contributed by atoms with Gasteiger partial charge in [0.15, 0.2) is 0 Å². The fourth-order valence-electron chi connectivity index (χ4n) is 3.34. The molecule has 1 saturated heterocycles. The average molecular weight is 470 g/mol. The van der Waals surface area contributed by atoms with E-state index in [0.29, 0.717) is 17.0 Å². The van der Waals surface area contributed by atoms with E-state index in [1.54, 1.807) is 48.5 Å². The SMILES string of the molecule is COc1cccc(N2C(=O)C(=O)/C(=C(\O)c3ccc(Br)cc3)C2c2cccs2)c1. The molecule has 1 unspecified atom stereocenters. The zero-order valence-corrected chi connectivity index (χ0v) is 17.7. The van der Waals surface area contributed by atoms with Gasteiger partial charge in [-0.25, -0.2) is 0 Å². The predicted molar refractivity (Wildman–Crippen MR) is 116 cm³/mol.